The molecule has 1 aromatic carbocycles. The summed E-state index contributed by atoms with van der Waals surface area (Å²) in [6, 6.07) is 7.09. The van der Waals surface area contributed by atoms with Crippen molar-refractivity contribution in [2.75, 3.05) is 13.1 Å². The summed E-state index contributed by atoms with van der Waals surface area (Å²) in [6.07, 6.45) is 0.376. The number of β-amino-alcohol motifs (C(OH)–C–C–N with tert-alkyl or cyclic N) is 1. The maximum atomic E-state index is 12.6. The average Bonchev–Trinajstić information content (AvgIpc) is 2.93. The summed E-state index contributed by atoms with van der Waals surface area (Å²) in [4.78, 5) is 14.3. The highest BCUT2D eigenvalue weighted by Crippen LogP contribution is 2.21. The Bertz CT molecular complexity index is 719. The number of carbonyl (C=O) groups excluding carboxylic acids is 1. The van der Waals surface area contributed by atoms with Gasteiger partial charge in [0.2, 0.25) is 0 Å². The lowest BCUT2D eigenvalue weighted by atomic mass is 9.95. The molecule has 0 radical (unpaired) electrons. The van der Waals surface area contributed by atoms with Crippen LogP contribution >= 0.6 is 0 Å². The molecule has 6 nitrogen and oxygen atoms in total. The lowest BCUT2D eigenvalue weighted by molar-refractivity contribution is 0.0248. The monoisotopic (exact) mass is 344 g/mol. The molecule has 1 aliphatic heterocycles. The van der Waals surface area contributed by atoms with Gasteiger partial charge in [-0.25, -0.2) is 0 Å². The Hall–Kier alpha value is -2.34. The van der Waals surface area contributed by atoms with Crippen LogP contribution in [0.1, 0.15) is 40.7 Å². The first kappa shape index (κ1) is 17.5. The molecule has 134 valence electrons. The minimum atomic E-state index is -0.449. The summed E-state index contributed by atoms with van der Waals surface area (Å²) in [6.45, 7) is 7.20. The van der Waals surface area contributed by atoms with Gasteiger partial charge in [-0.3, -0.25) is 4.79 Å². The molecule has 1 saturated heterocycles. The highest BCUT2D eigenvalue weighted by molar-refractivity contribution is 5.94. The highest BCUT2D eigenvalue weighted by atomic mass is 16.5. The number of nitrogens with zero attached hydrogens (tertiary/aromatic N) is 2. The average molecular weight is 344 g/mol. The summed E-state index contributed by atoms with van der Waals surface area (Å²) in [5.41, 5.74) is 2.37. The summed E-state index contributed by atoms with van der Waals surface area (Å²) < 4.78 is 10.9. The molecule has 1 amide bonds. The Morgan fingerprint density at radius 1 is 1.36 bits per heavy atom. The highest BCUT2D eigenvalue weighted by Gasteiger charge is 2.27. The van der Waals surface area contributed by atoms with E-state index in [1.54, 1.807) is 29.2 Å². The molecular weight excluding hydrogens is 320 g/mol. The maximum Gasteiger partial charge on any atom is 0.253 e. The van der Waals surface area contributed by atoms with Gasteiger partial charge >= 0.3 is 0 Å². The SMILES string of the molecule is Cc1noc(C)c1COc1ccc(C(=O)N2CCC(C)C(O)C2)cc1. The van der Waals surface area contributed by atoms with Crippen molar-refractivity contribution in [1.82, 2.24) is 10.1 Å². The second kappa shape index (κ2) is 7.27. The van der Waals surface area contributed by atoms with Crippen molar-refractivity contribution in [3.05, 3.63) is 46.8 Å². The van der Waals surface area contributed by atoms with Crippen LogP contribution in [0.15, 0.2) is 28.8 Å². The van der Waals surface area contributed by atoms with Crippen LogP contribution in [0.25, 0.3) is 0 Å². The van der Waals surface area contributed by atoms with Gasteiger partial charge in [0, 0.05) is 18.7 Å². The number of aliphatic hydroxyl groups excluding tert-OH is 1. The molecule has 1 aromatic heterocycles. The maximum absolute atomic E-state index is 12.6. The molecule has 0 bridgehead atoms. The number of aromatic nitrogens is 1. The summed E-state index contributed by atoms with van der Waals surface area (Å²) in [5, 5.41) is 13.9. The van der Waals surface area contributed by atoms with Crippen molar-refractivity contribution >= 4 is 5.91 Å². The Morgan fingerprint density at radius 2 is 2.08 bits per heavy atom. The first-order chi connectivity index (χ1) is 12.0. The Balaban J connectivity index is 1.61. The summed E-state index contributed by atoms with van der Waals surface area (Å²) in [7, 11) is 0. The number of benzene rings is 1. The fourth-order valence-electron chi connectivity index (χ4n) is 2.97. The molecule has 25 heavy (non-hydrogen) atoms. The predicted molar refractivity (Wildman–Crippen MR) is 92.4 cm³/mol. The fraction of sp³-hybridized carbons (Fsp3) is 0.474. The number of hydrogen-bond donors (Lipinski definition) is 1. The standard InChI is InChI=1S/C19H24N2O4/c1-12-8-9-21(10-18(12)22)19(23)15-4-6-16(7-5-15)24-11-17-13(2)20-25-14(17)3/h4-7,12,18,22H,8-11H2,1-3H3. The lowest BCUT2D eigenvalue weighted by Gasteiger charge is -2.34. The van der Waals surface area contributed by atoms with Gasteiger partial charge < -0.3 is 19.3 Å². The molecule has 2 unspecified atom stereocenters. The molecule has 1 fully saturated rings. The number of likely N-dealkylation sites (tertiary alicyclic amines) is 1. The molecule has 2 aromatic rings. The van der Waals surface area contributed by atoms with E-state index in [1.807, 2.05) is 20.8 Å². The van der Waals surface area contributed by atoms with E-state index in [4.69, 9.17) is 9.26 Å². The van der Waals surface area contributed by atoms with Gasteiger partial charge in [-0.2, -0.15) is 0 Å². The van der Waals surface area contributed by atoms with Gasteiger partial charge in [-0.05, 0) is 50.5 Å². The zero-order valence-corrected chi connectivity index (χ0v) is 14.9. The minimum absolute atomic E-state index is 0.0526. The fourth-order valence-corrected chi connectivity index (χ4v) is 2.97. The normalized spacial score (nSPS) is 20.6. The van der Waals surface area contributed by atoms with E-state index < -0.39 is 6.10 Å². The van der Waals surface area contributed by atoms with Crippen molar-refractivity contribution in [1.29, 1.82) is 0 Å². The lowest BCUT2D eigenvalue weighted by Crippen LogP contribution is -2.45. The Kier molecular flexibility index (Phi) is 5.08. The van der Waals surface area contributed by atoms with E-state index in [-0.39, 0.29) is 11.8 Å². The van der Waals surface area contributed by atoms with Gasteiger partial charge in [0.15, 0.2) is 0 Å². The number of aryl methyl sites for hydroxylation is 2. The van der Waals surface area contributed by atoms with Crippen LogP contribution in [-0.4, -0.2) is 40.3 Å². The van der Waals surface area contributed by atoms with E-state index in [2.05, 4.69) is 5.16 Å². The van der Waals surface area contributed by atoms with E-state index in [0.717, 1.165) is 23.4 Å². The second-order valence-corrected chi connectivity index (χ2v) is 6.70. The van der Waals surface area contributed by atoms with Crippen LogP contribution in [-0.2, 0) is 6.61 Å². The topological polar surface area (TPSA) is 75.8 Å². The van der Waals surface area contributed by atoms with Crippen molar-refractivity contribution in [3.63, 3.8) is 0 Å². The number of amides is 1. The third kappa shape index (κ3) is 3.85. The summed E-state index contributed by atoms with van der Waals surface area (Å²) in [5.74, 6) is 1.62. The van der Waals surface area contributed by atoms with E-state index in [0.29, 0.717) is 31.0 Å². The molecule has 2 atom stereocenters. The van der Waals surface area contributed by atoms with Crippen molar-refractivity contribution in [2.24, 2.45) is 5.92 Å². The van der Waals surface area contributed by atoms with Crippen LogP contribution in [0.4, 0.5) is 0 Å². The third-order valence-electron chi connectivity index (χ3n) is 4.87. The van der Waals surface area contributed by atoms with Gasteiger partial charge in [0.25, 0.3) is 5.91 Å². The largest absolute Gasteiger partial charge is 0.489 e. The molecule has 0 saturated carbocycles. The number of ether oxygens (including phenoxy) is 1. The van der Waals surface area contributed by atoms with Gasteiger partial charge in [-0.1, -0.05) is 12.1 Å². The van der Waals surface area contributed by atoms with Crippen LogP contribution in [0.2, 0.25) is 0 Å². The zero-order valence-electron chi connectivity index (χ0n) is 14.9. The molecule has 3 rings (SSSR count). The van der Waals surface area contributed by atoms with Gasteiger partial charge in [0.05, 0.1) is 17.4 Å². The second-order valence-electron chi connectivity index (χ2n) is 6.70. The molecule has 1 N–H and O–H groups in total. The zero-order chi connectivity index (χ0) is 18.0. The van der Waals surface area contributed by atoms with Crippen molar-refractivity contribution < 1.29 is 19.2 Å². The van der Waals surface area contributed by atoms with Crippen LogP contribution in [0.3, 0.4) is 0 Å². The molecule has 1 aliphatic rings. The Labute approximate surface area is 147 Å². The number of aliphatic hydroxyl groups is 1. The first-order valence-corrected chi connectivity index (χ1v) is 8.57. The number of hydrogen-bond acceptors (Lipinski definition) is 5. The number of piperidine rings is 1. The molecule has 0 spiro atoms. The first-order valence-electron chi connectivity index (χ1n) is 8.57. The van der Waals surface area contributed by atoms with Gasteiger partial charge in [0.1, 0.15) is 18.1 Å². The smallest absolute Gasteiger partial charge is 0.253 e. The molecule has 6 heteroatoms. The molecular formula is C19H24N2O4. The predicted octanol–water partition coefficient (Wildman–Crippen LogP) is 2.71. The van der Waals surface area contributed by atoms with Crippen molar-refractivity contribution in [2.45, 2.75) is 39.9 Å². The van der Waals surface area contributed by atoms with Crippen molar-refractivity contribution in [3.8, 4) is 5.75 Å². The van der Waals surface area contributed by atoms with Gasteiger partial charge in [-0.15, -0.1) is 0 Å². The quantitative estimate of drug-likeness (QED) is 0.923. The van der Waals surface area contributed by atoms with E-state index in [9.17, 15) is 9.90 Å². The molecule has 0 aliphatic carbocycles. The van der Waals surface area contributed by atoms with Crippen LogP contribution in [0, 0.1) is 19.8 Å². The summed E-state index contributed by atoms with van der Waals surface area (Å²) >= 11 is 0. The van der Waals surface area contributed by atoms with E-state index in [1.165, 1.54) is 0 Å². The number of carbonyl (C=O) groups is 1. The van der Waals surface area contributed by atoms with Crippen LogP contribution in [0.5, 0.6) is 5.75 Å². The minimum Gasteiger partial charge on any atom is -0.489 e. The molecule has 2 heterocycles. The van der Waals surface area contributed by atoms with E-state index >= 15 is 0 Å². The third-order valence-corrected chi connectivity index (χ3v) is 4.87. The Morgan fingerprint density at radius 3 is 2.68 bits per heavy atom. The number of rotatable bonds is 4. The van der Waals surface area contributed by atoms with Crippen LogP contribution < -0.4 is 4.74 Å².